The van der Waals surface area contributed by atoms with Crippen LogP contribution in [0.3, 0.4) is 0 Å². The number of hydrogen-bond donors (Lipinski definition) is 0. The summed E-state index contributed by atoms with van der Waals surface area (Å²) in [7, 11) is 0. The second-order valence-electron chi connectivity index (χ2n) is 3.45. The molecule has 2 rings (SSSR count). The van der Waals surface area contributed by atoms with Gasteiger partial charge in [0.05, 0.1) is 0 Å². The molecule has 0 saturated heterocycles. The molecule has 0 unspecified atom stereocenters. The summed E-state index contributed by atoms with van der Waals surface area (Å²) in [6.45, 7) is 4.26. The van der Waals surface area contributed by atoms with Crippen molar-refractivity contribution in [2.75, 3.05) is 0 Å². The van der Waals surface area contributed by atoms with E-state index < -0.39 is 0 Å². The van der Waals surface area contributed by atoms with Crippen LogP contribution < -0.4 is 0 Å². The van der Waals surface area contributed by atoms with Crippen LogP contribution in [0.4, 0.5) is 0 Å². The largest absolute Gasteiger partial charge is 0.148 e. The fraction of sp³-hybridized carbons (Fsp3) is 0.143. The average molecular weight is 212 g/mol. The van der Waals surface area contributed by atoms with Crippen LogP contribution in [-0.4, -0.2) is 0 Å². The van der Waals surface area contributed by atoms with E-state index in [9.17, 15) is 0 Å². The van der Waals surface area contributed by atoms with Crippen LogP contribution in [0.1, 0.15) is 21.6 Å². The smallest absolute Gasteiger partial charge is 0.0388 e. The molecule has 1 heterocycles. The summed E-state index contributed by atoms with van der Waals surface area (Å²) < 4.78 is 0. The Kier molecular flexibility index (Phi) is 2.89. The molecule has 1 heteroatoms. The average Bonchev–Trinajstić information content (AvgIpc) is 2.59. The third-order valence-electron chi connectivity index (χ3n) is 2.40. The lowest BCUT2D eigenvalue weighted by Crippen LogP contribution is -1.76. The highest BCUT2D eigenvalue weighted by Gasteiger charge is 1.99. The van der Waals surface area contributed by atoms with Crippen molar-refractivity contribution < 1.29 is 0 Å². The monoisotopic (exact) mass is 212 g/mol. The van der Waals surface area contributed by atoms with Crippen LogP contribution in [0, 0.1) is 25.7 Å². The van der Waals surface area contributed by atoms with Gasteiger partial charge in [-0.25, -0.2) is 0 Å². The van der Waals surface area contributed by atoms with Crippen molar-refractivity contribution in [2.45, 2.75) is 13.8 Å². The van der Waals surface area contributed by atoms with Gasteiger partial charge in [0.15, 0.2) is 0 Å². The first-order valence-corrected chi connectivity index (χ1v) is 5.77. The number of aryl methyl sites for hydroxylation is 1. The Morgan fingerprint density at radius 1 is 1.00 bits per heavy atom. The van der Waals surface area contributed by atoms with Crippen molar-refractivity contribution >= 4 is 11.3 Å². The summed E-state index contributed by atoms with van der Waals surface area (Å²) in [6.07, 6.45) is 0. The molecule has 0 N–H and O–H groups in total. The van der Waals surface area contributed by atoms with Gasteiger partial charge in [0, 0.05) is 21.4 Å². The molecule has 0 spiro atoms. The molecule has 0 radical (unpaired) electrons. The number of benzene rings is 1. The van der Waals surface area contributed by atoms with E-state index in [1.807, 2.05) is 30.3 Å². The fourth-order valence-electron chi connectivity index (χ4n) is 1.30. The molecule has 0 aliphatic carbocycles. The van der Waals surface area contributed by atoms with E-state index in [4.69, 9.17) is 0 Å². The SMILES string of the molecule is Cc1scc(C#Cc2ccccc2)c1C. The minimum absolute atomic E-state index is 1.07. The van der Waals surface area contributed by atoms with Gasteiger partial charge in [0.25, 0.3) is 0 Å². The van der Waals surface area contributed by atoms with E-state index in [-0.39, 0.29) is 0 Å². The van der Waals surface area contributed by atoms with Crippen LogP contribution in [0.15, 0.2) is 35.7 Å². The molecule has 0 saturated carbocycles. The van der Waals surface area contributed by atoms with Crippen molar-refractivity contribution in [3.05, 3.63) is 57.3 Å². The Hall–Kier alpha value is -1.52. The van der Waals surface area contributed by atoms with E-state index in [0.717, 1.165) is 11.1 Å². The fourth-order valence-corrected chi connectivity index (χ4v) is 2.12. The zero-order chi connectivity index (χ0) is 10.7. The molecule has 0 fully saturated rings. The van der Waals surface area contributed by atoms with Gasteiger partial charge in [-0.1, -0.05) is 30.0 Å². The number of hydrogen-bond acceptors (Lipinski definition) is 1. The molecular formula is C14H12S. The summed E-state index contributed by atoms with van der Waals surface area (Å²) in [5.74, 6) is 6.38. The van der Waals surface area contributed by atoms with Crippen LogP contribution >= 0.6 is 11.3 Å². The zero-order valence-electron chi connectivity index (χ0n) is 8.87. The van der Waals surface area contributed by atoms with Crippen molar-refractivity contribution in [1.29, 1.82) is 0 Å². The normalized spacial score (nSPS) is 9.47. The Morgan fingerprint density at radius 2 is 1.73 bits per heavy atom. The molecule has 0 amide bonds. The first kappa shape index (κ1) is 10.0. The van der Waals surface area contributed by atoms with E-state index in [0.29, 0.717) is 0 Å². The predicted molar refractivity (Wildman–Crippen MR) is 66.2 cm³/mol. The minimum Gasteiger partial charge on any atom is -0.148 e. The molecule has 1 aromatic heterocycles. The highest BCUT2D eigenvalue weighted by Crippen LogP contribution is 2.19. The van der Waals surface area contributed by atoms with Gasteiger partial charge >= 0.3 is 0 Å². The van der Waals surface area contributed by atoms with Crippen LogP contribution in [0.2, 0.25) is 0 Å². The van der Waals surface area contributed by atoms with Crippen molar-refractivity contribution in [1.82, 2.24) is 0 Å². The Bertz CT molecular complexity index is 509. The third-order valence-corrected chi connectivity index (χ3v) is 3.41. The van der Waals surface area contributed by atoms with Gasteiger partial charge in [-0.3, -0.25) is 0 Å². The summed E-state index contributed by atoms with van der Waals surface area (Å²) >= 11 is 1.76. The second-order valence-corrected chi connectivity index (χ2v) is 4.53. The quantitative estimate of drug-likeness (QED) is 0.583. The highest BCUT2D eigenvalue weighted by molar-refractivity contribution is 7.10. The van der Waals surface area contributed by atoms with Crippen molar-refractivity contribution in [3.8, 4) is 11.8 Å². The summed E-state index contributed by atoms with van der Waals surface area (Å²) in [5.41, 5.74) is 3.53. The predicted octanol–water partition coefficient (Wildman–Crippen LogP) is 3.76. The van der Waals surface area contributed by atoms with Gasteiger partial charge in [0.2, 0.25) is 0 Å². The zero-order valence-corrected chi connectivity index (χ0v) is 9.69. The summed E-state index contributed by atoms with van der Waals surface area (Å²) in [4.78, 5) is 1.35. The van der Waals surface area contributed by atoms with E-state index in [2.05, 4.69) is 31.1 Å². The van der Waals surface area contributed by atoms with Gasteiger partial charge in [0.1, 0.15) is 0 Å². The molecule has 0 atom stereocenters. The molecule has 1 aromatic carbocycles. The lowest BCUT2D eigenvalue weighted by Gasteiger charge is -1.89. The van der Waals surface area contributed by atoms with Gasteiger partial charge < -0.3 is 0 Å². The first-order chi connectivity index (χ1) is 7.27. The van der Waals surface area contributed by atoms with Crippen LogP contribution in [-0.2, 0) is 0 Å². The minimum atomic E-state index is 1.07. The molecular weight excluding hydrogens is 200 g/mol. The number of thiophene rings is 1. The summed E-state index contributed by atoms with van der Waals surface area (Å²) in [6, 6.07) is 10.1. The molecule has 74 valence electrons. The van der Waals surface area contributed by atoms with Gasteiger partial charge in [-0.2, -0.15) is 0 Å². The Labute approximate surface area is 94.6 Å². The van der Waals surface area contributed by atoms with Crippen LogP contribution in [0.5, 0.6) is 0 Å². The molecule has 0 aliphatic heterocycles. The topological polar surface area (TPSA) is 0 Å². The van der Waals surface area contributed by atoms with Crippen LogP contribution in [0.25, 0.3) is 0 Å². The maximum atomic E-state index is 3.21. The Morgan fingerprint density at radius 3 is 2.33 bits per heavy atom. The Balaban J connectivity index is 2.30. The van der Waals surface area contributed by atoms with Gasteiger partial charge in [-0.05, 0) is 31.5 Å². The molecule has 0 nitrogen and oxygen atoms in total. The van der Waals surface area contributed by atoms with E-state index >= 15 is 0 Å². The lowest BCUT2D eigenvalue weighted by atomic mass is 10.1. The molecule has 0 aliphatic rings. The number of rotatable bonds is 0. The highest BCUT2D eigenvalue weighted by atomic mass is 32.1. The van der Waals surface area contributed by atoms with Crippen molar-refractivity contribution in [3.63, 3.8) is 0 Å². The molecule has 2 aromatic rings. The molecule has 15 heavy (non-hydrogen) atoms. The lowest BCUT2D eigenvalue weighted by molar-refractivity contribution is 1.42. The van der Waals surface area contributed by atoms with Gasteiger partial charge in [-0.15, -0.1) is 11.3 Å². The van der Waals surface area contributed by atoms with Crippen molar-refractivity contribution in [2.24, 2.45) is 0 Å². The third kappa shape index (κ3) is 2.29. The standard InChI is InChI=1S/C14H12S/c1-11-12(2)15-10-14(11)9-8-13-6-4-3-5-7-13/h3-7,10H,1-2H3. The maximum Gasteiger partial charge on any atom is 0.0388 e. The summed E-state index contributed by atoms with van der Waals surface area (Å²) in [5, 5.41) is 2.13. The van der Waals surface area contributed by atoms with E-state index in [1.54, 1.807) is 11.3 Å². The second kappa shape index (κ2) is 4.33. The maximum absolute atomic E-state index is 3.21. The molecule has 0 bridgehead atoms. The van der Waals surface area contributed by atoms with E-state index in [1.165, 1.54) is 10.4 Å². The first-order valence-electron chi connectivity index (χ1n) is 4.89.